The lowest BCUT2D eigenvalue weighted by Gasteiger charge is -2.09. The van der Waals surface area contributed by atoms with Crippen molar-refractivity contribution >= 4 is 196 Å². The number of thioether (sulfide) groups is 2. The van der Waals surface area contributed by atoms with Crippen LogP contribution in [0.5, 0.6) is 0 Å². The van der Waals surface area contributed by atoms with Gasteiger partial charge in [0.05, 0.1) is 10.8 Å². The van der Waals surface area contributed by atoms with Gasteiger partial charge in [0.1, 0.15) is 0 Å². The molecule has 9 rings (SSSR count). The first-order valence-electron chi connectivity index (χ1n) is 22.6. The predicted octanol–water partition coefficient (Wildman–Crippen LogP) is 20.2. The number of fused-ring (bicyclic) bond motifs is 3. The highest BCUT2D eigenvalue weighted by Gasteiger charge is 2.44. The Labute approximate surface area is 567 Å². The van der Waals surface area contributed by atoms with Crippen LogP contribution < -0.4 is 5.46 Å². The summed E-state index contributed by atoms with van der Waals surface area (Å²) in [5.41, 5.74) is 3.98. The molecule has 27 heteroatoms. The number of carbonyl (C=O) groups is 1. The predicted molar refractivity (Wildman–Crippen MR) is 370 cm³/mol. The summed E-state index contributed by atoms with van der Waals surface area (Å²) in [4.78, 5) is 12.4. The fraction of sp³-hybridized carbons (Fsp3) is 0.140. The second kappa shape index (κ2) is 40.9. The molecule has 8 aromatic rings. The van der Waals surface area contributed by atoms with Crippen LogP contribution in [0.3, 0.4) is 0 Å². The van der Waals surface area contributed by atoms with Crippen LogP contribution >= 0.6 is 156 Å². The lowest BCUT2D eigenvalue weighted by molar-refractivity contribution is -0.176. The normalized spacial score (nSPS) is 10.7. The van der Waals surface area contributed by atoms with Crippen molar-refractivity contribution in [2.75, 3.05) is 18.8 Å². The van der Waals surface area contributed by atoms with E-state index in [4.69, 9.17) is 89.8 Å². The average molecular weight is 1680 g/mol. The molecule has 1 aliphatic rings. The molecule has 10 nitrogen and oxygen atoms in total. The second-order valence-electron chi connectivity index (χ2n) is 15.7. The summed E-state index contributed by atoms with van der Waals surface area (Å²) in [6, 6.07) is 53.1. The minimum Gasteiger partial charge on any atom is -0.481 e. The molecule has 0 heterocycles. The van der Waals surface area contributed by atoms with Gasteiger partial charge in [0.15, 0.2) is 0 Å². The van der Waals surface area contributed by atoms with Crippen molar-refractivity contribution in [3.05, 3.63) is 216 Å². The molecule has 84 heavy (non-hydrogen) atoms. The first-order chi connectivity index (χ1) is 38.5. The number of hydrogen-bond donors (Lipinski definition) is 6. The number of carboxylic acids is 1. The molecule has 0 saturated heterocycles. The highest BCUT2D eigenvalue weighted by Crippen LogP contribution is 2.44. The number of rotatable bonds is 6. The zero-order chi connectivity index (χ0) is 62.1. The van der Waals surface area contributed by atoms with Crippen molar-refractivity contribution in [1.82, 2.24) is 0 Å². The first kappa shape index (κ1) is 81.5. The third-order valence-electron chi connectivity index (χ3n) is 10.2. The first-order valence-corrected chi connectivity index (χ1v) is 33.8. The Balaban J connectivity index is 0.000000977. The largest absolute Gasteiger partial charge is 0.522 e. The summed E-state index contributed by atoms with van der Waals surface area (Å²) in [7, 11) is -8.38. The molecule has 0 aromatic heterocycles. The van der Waals surface area contributed by atoms with Gasteiger partial charge in [0, 0.05) is 91.6 Å². The van der Waals surface area contributed by atoms with E-state index in [0.29, 0.717) is 15.5 Å². The van der Waals surface area contributed by atoms with E-state index in [1.807, 2.05) is 78.9 Å². The molecule has 1 unspecified atom stereocenters. The van der Waals surface area contributed by atoms with Gasteiger partial charge in [0.2, 0.25) is 0 Å². The molecule has 0 bridgehead atoms. The SMILES string of the molecule is C.C.CC(=O)O.CS(=O)c1ccccc1-c1cc(Br)ccc1Cl.CSc1ccccc1-c1cc(Br)ccc1Cl.CSc1ccccc1I.Clc1ccc(Br)c2c1-c1ccccc1C2.O=S(=O)(O)C(F)(F)F.OB(O)c1cc(Br)ccc1Cl.OO. The Kier molecular flexibility index (Phi) is 39.7. The van der Waals surface area contributed by atoms with E-state index in [-0.39, 0.29) is 14.9 Å². The van der Waals surface area contributed by atoms with E-state index in [9.17, 15) is 17.4 Å². The Morgan fingerprint density at radius 2 is 1.01 bits per heavy atom. The summed E-state index contributed by atoms with van der Waals surface area (Å²) in [6.07, 6.45) is 6.82. The molecule has 0 fully saturated rings. The zero-order valence-corrected chi connectivity index (χ0v) is 57.6. The van der Waals surface area contributed by atoms with Crippen molar-refractivity contribution < 1.29 is 60.8 Å². The molecular weight excluding hydrogens is 1630 g/mol. The summed E-state index contributed by atoms with van der Waals surface area (Å²) in [5, 5.41) is 39.6. The average Bonchev–Trinajstić information content (AvgIpc) is 4.06. The van der Waals surface area contributed by atoms with Gasteiger partial charge in [-0.3, -0.25) is 24.1 Å². The van der Waals surface area contributed by atoms with Crippen LogP contribution in [0.25, 0.3) is 33.4 Å². The number of aliphatic carboxylic acids is 1. The number of alkyl halides is 3. The van der Waals surface area contributed by atoms with Gasteiger partial charge in [-0.25, -0.2) is 0 Å². The van der Waals surface area contributed by atoms with E-state index in [0.717, 1.165) is 62.9 Å². The Hall–Kier alpha value is -2.51. The standard InChI is InChI=1S/C13H10BrClOS.C13H10BrClS.C13H8BrCl.C7H7IS.C6H5BBrClO2.C2H4O2.CHF3O3S.2CH4.H2O2/c1-17(16)13-5-3-2-4-10(13)11-8-9(14)6-7-12(11)15;1-16-13-5-3-2-4-10(13)11-8-9(14)6-7-12(11)15;14-11-5-6-12(15)13-9-4-2-1-3-8(9)7-10(11)13;1-9-7-5-3-2-4-6(7)8;8-4-1-2-6(9)5(3-4)7(10)11;1-2(3)4;2-1(3,4)8(5,6)7;;;1-2/h2-8H,1H3;2-8H,1H3;1-6H,7H2;2-5H,1H3;1-3,10-11H;1H3,(H,3,4);(H,5,6,7);2*1H4;1-2H. The van der Waals surface area contributed by atoms with Crippen molar-refractivity contribution in [3.63, 3.8) is 0 Å². The van der Waals surface area contributed by atoms with Crippen LogP contribution in [0.1, 0.15) is 32.9 Å². The van der Waals surface area contributed by atoms with Gasteiger partial charge in [-0.05, 0) is 160 Å². The fourth-order valence-corrected chi connectivity index (χ4v) is 12.1. The molecule has 0 radical (unpaired) electrons. The van der Waals surface area contributed by atoms with Crippen LogP contribution in [0.15, 0.2) is 196 Å². The second-order valence-corrected chi connectivity index (χ2v) is 26.6. The molecular formula is C57H55BBr4Cl4F3IO10S4. The summed E-state index contributed by atoms with van der Waals surface area (Å²) in [5.74, 6) is -0.833. The topological polar surface area (TPSA) is 190 Å². The molecule has 0 amide bonds. The highest BCUT2D eigenvalue weighted by molar-refractivity contribution is 14.1. The van der Waals surface area contributed by atoms with Crippen LogP contribution in [0.4, 0.5) is 13.2 Å². The number of hydrogen-bond acceptors (Lipinski definition) is 10. The van der Waals surface area contributed by atoms with Crippen molar-refractivity contribution in [1.29, 1.82) is 0 Å². The van der Waals surface area contributed by atoms with Crippen LogP contribution in [0, 0.1) is 3.57 Å². The third kappa shape index (κ3) is 27.1. The van der Waals surface area contributed by atoms with Gasteiger partial charge in [-0.1, -0.05) is 198 Å². The Morgan fingerprint density at radius 3 is 1.45 bits per heavy atom. The fourth-order valence-electron chi connectivity index (χ4n) is 6.70. The highest BCUT2D eigenvalue weighted by atomic mass is 127. The van der Waals surface area contributed by atoms with Gasteiger partial charge in [0.25, 0.3) is 5.97 Å². The quantitative estimate of drug-likeness (QED) is 0.0176. The lowest BCUT2D eigenvalue weighted by atomic mass is 9.80. The van der Waals surface area contributed by atoms with E-state index in [1.54, 1.807) is 48.0 Å². The summed E-state index contributed by atoms with van der Waals surface area (Å²) in [6.45, 7) is 1.08. The van der Waals surface area contributed by atoms with Crippen molar-refractivity contribution in [2.24, 2.45) is 0 Å². The number of carboxylic acid groups (broad SMARTS) is 1. The maximum atomic E-state index is 11.7. The molecule has 1 aliphatic carbocycles. The third-order valence-corrected chi connectivity index (χ3v) is 18.2. The number of halogens is 12. The van der Waals surface area contributed by atoms with Crippen LogP contribution in [-0.4, -0.2) is 80.2 Å². The van der Waals surface area contributed by atoms with Crippen LogP contribution in [0.2, 0.25) is 20.1 Å². The zero-order valence-electron chi connectivity index (χ0n) is 42.9. The molecule has 0 aliphatic heterocycles. The van der Waals surface area contributed by atoms with E-state index in [2.05, 4.69) is 166 Å². The van der Waals surface area contributed by atoms with Gasteiger partial charge in [-0.2, -0.15) is 21.6 Å². The summed E-state index contributed by atoms with van der Waals surface area (Å²) < 4.78 is 74.5. The maximum absolute atomic E-state index is 11.7. The molecule has 8 aromatic carbocycles. The van der Waals surface area contributed by atoms with Gasteiger partial charge in [-0.15, -0.1) is 23.5 Å². The summed E-state index contributed by atoms with van der Waals surface area (Å²) >= 11 is 43.8. The monoisotopic (exact) mass is 1680 g/mol. The van der Waals surface area contributed by atoms with E-state index < -0.39 is 39.5 Å². The Morgan fingerprint density at radius 1 is 0.619 bits per heavy atom. The van der Waals surface area contributed by atoms with Gasteiger partial charge < -0.3 is 15.2 Å². The minimum atomic E-state index is -5.84. The Bertz CT molecular complexity index is 3530. The smallest absolute Gasteiger partial charge is 0.481 e. The van der Waals surface area contributed by atoms with Gasteiger partial charge >= 0.3 is 22.7 Å². The molecule has 6 N–H and O–H groups in total. The van der Waals surface area contributed by atoms with E-state index >= 15 is 0 Å². The maximum Gasteiger partial charge on any atom is 0.522 e. The lowest BCUT2D eigenvalue weighted by Crippen LogP contribution is -2.30. The van der Waals surface area contributed by atoms with Crippen LogP contribution in [-0.2, 0) is 32.1 Å². The minimum absolute atomic E-state index is 0. The molecule has 454 valence electrons. The molecule has 0 saturated carbocycles. The number of benzene rings is 8. The van der Waals surface area contributed by atoms with Crippen molar-refractivity contribution in [2.45, 2.75) is 48.4 Å². The molecule has 1 atom stereocenters. The van der Waals surface area contributed by atoms with E-state index in [1.165, 1.54) is 41.2 Å². The molecule has 0 spiro atoms. The van der Waals surface area contributed by atoms with Crippen molar-refractivity contribution in [3.8, 4) is 33.4 Å².